The van der Waals surface area contributed by atoms with Crippen LogP contribution < -0.4 is 9.47 Å². The van der Waals surface area contributed by atoms with E-state index in [-0.39, 0.29) is 12.0 Å². The first-order valence-electron chi connectivity index (χ1n) is 8.94. The number of piperidine rings is 2. The molecule has 132 valence electrons. The van der Waals surface area contributed by atoms with E-state index in [0.717, 1.165) is 63.4 Å². The standard InChI is InChI=1S/C19H28N2O3/c1-20-11-3-4-15(14-20)19(22)21-12-9-18(10-13-21)24-17-7-5-16(23-2)6-8-17/h5-8,15,18H,3-4,9-14H2,1-2H3/t15-/m0/s1. The topological polar surface area (TPSA) is 42.0 Å². The Kier molecular flexibility index (Phi) is 5.61. The van der Waals surface area contributed by atoms with Gasteiger partial charge in [0.1, 0.15) is 17.6 Å². The number of carbonyl (C=O) groups excluding carboxylic acids is 1. The number of nitrogens with zero attached hydrogens (tertiary/aromatic N) is 2. The van der Waals surface area contributed by atoms with Crippen molar-refractivity contribution < 1.29 is 14.3 Å². The molecule has 5 nitrogen and oxygen atoms in total. The minimum absolute atomic E-state index is 0.183. The van der Waals surface area contributed by atoms with E-state index in [2.05, 4.69) is 11.9 Å². The summed E-state index contributed by atoms with van der Waals surface area (Å²) in [6.45, 7) is 3.63. The molecule has 5 heteroatoms. The maximum Gasteiger partial charge on any atom is 0.226 e. The molecule has 0 radical (unpaired) electrons. The molecule has 2 fully saturated rings. The average Bonchev–Trinajstić information content (AvgIpc) is 2.62. The highest BCUT2D eigenvalue weighted by molar-refractivity contribution is 5.79. The summed E-state index contributed by atoms with van der Waals surface area (Å²) < 4.78 is 11.2. The van der Waals surface area contributed by atoms with Crippen LogP contribution in [0.15, 0.2) is 24.3 Å². The molecule has 3 rings (SSSR count). The fraction of sp³-hybridized carbons (Fsp3) is 0.632. The Balaban J connectivity index is 1.47. The molecule has 2 heterocycles. The molecule has 0 bridgehead atoms. The van der Waals surface area contributed by atoms with Crippen LogP contribution >= 0.6 is 0 Å². The summed E-state index contributed by atoms with van der Waals surface area (Å²) >= 11 is 0. The van der Waals surface area contributed by atoms with Gasteiger partial charge >= 0.3 is 0 Å². The number of benzene rings is 1. The van der Waals surface area contributed by atoms with E-state index >= 15 is 0 Å². The molecular weight excluding hydrogens is 304 g/mol. The number of likely N-dealkylation sites (tertiary alicyclic amines) is 2. The summed E-state index contributed by atoms with van der Waals surface area (Å²) in [7, 11) is 3.76. The van der Waals surface area contributed by atoms with Gasteiger partial charge in [0.15, 0.2) is 0 Å². The van der Waals surface area contributed by atoms with Crippen molar-refractivity contribution in [2.75, 3.05) is 40.3 Å². The predicted octanol–water partition coefficient (Wildman–Crippen LogP) is 2.41. The maximum atomic E-state index is 12.7. The first-order chi connectivity index (χ1) is 11.7. The monoisotopic (exact) mass is 332 g/mol. The van der Waals surface area contributed by atoms with Crippen molar-refractivity contribution in [1.82, 2.24) is 9.80 Å². The number of hydrogen-bond donors (Lipinski definition) is 0. The first kappa shape index (κ1) is 17.1. The number of rotatable bonds is 4. The minimum atomic E-state index is 0.183. The van der Waals surface area contributed by atoms with Crippen LogP contribution in [-0.4, -0.2) is 62.1 Å². The molecular formula is C19H28N2O3. The molecule has 0 aromatic heterocycles. The summed E-state index contributed by atoms with van der Waals surface area (Å²) in [6.07, 6.45) is 4.16. The lowest BCUT2D eigenvalue weighted by atomic mass is 9.95. The highest BCUT2D eigenvalue weighted by atomic mass is 16.5. The van der Waals surface area contributed by atoms with Gasteiger partial charge in [-0.1, -0.05) is 0 Å². The van der Waals surface area contributed by atoms with E-state index in [4.69, 9.17) is 9.47 Å². The number of hydrogen-bond acceptors (Lipinski definition) is 4. The molecule has 2 saturated heterocycles. The molecule has 2 aliphatic heterocycles. The summed E-state index contributed by atoms with van der Waals surface area (Å²) in [5.41, 5.74) is 0. The van der Waals surface area contributed by atoms with Gasteiger partial charge in [-0.25, -0.2) is 0 Å². The molecule has 0 aliphatic carbocycles. The van der Waals surface area contributed by atoms with Gasteiger partial charge in [0.05, 0.1) is 13.0 Å². The van der Waals surface area contributed by atoms with Crippen LogP contribution in [0.1, 0.15) is 25.7 Å². The second-order valence-corrected chi connectivity index (χ2v) is 6.92. The summed E-state index contributed by atoms with van der Waals surface area (Å²) in [5.74, 6) is 2.22. The molecule has 1 atom stereocenters. The van der Waals surface area contributed by atoms with Gasteiger partial charge in [0.25, 0.3) is 0 Å². The largest absolute Gasteiger partial charge is 0.497 e. The van der Waals surface area contributed by atoms with Crippen LogP contribution in [-0.2, 0) is 4.79 Å². The van der Waals surface area contributed by atoms with E-state index in [0.29, 0.717) is 5.91 Å². The molecule has 0 saturated carbocycles. The van der Waals surface area contributed by atoms with Gasteiger partial charge in [-0.3, -0.25) is 4.79 Å². The summed E-state index contributed by atoms with van der Waals surface area (Å²) in [5, 5.41) is 0. The van der Waals surface area contributed by atoms with Gasteiger partial charge in [-0.05, 0) is 50.7 Å². The fourth-order valence-corrected chi connectivity index (χ4v) is 3.67. The third-order valence-electron chi connectivity index (χ3n) is 5.09. The molecule has 1 aromatic rings. The highest BCUT2D eigenvalue weighted by Gasteiger charge is 2.30. The second-order valence-electron chi connectivity index (χ2n) is 6.92. The minimum Gasteiger partial charge on any atom is -0.497 e. The Labute approximate surface area is 144 Å². The van der Waals surface area contributed by atoms with E-state index in [1.807, 2.05) is 29.2 Å². The zero-order valence-corrected chi connectivity index (χ0v) is 14.7. The van der Waals surface area contributed by atoms with Crippen LogP contribution in [0.5, 0.6) is 11.5 Å². The maximum absolute atomic E-state index is 12.7. The SMILES string of the molecule is COc1ccc(OC2CCN(C(=O)[C@H]3CCCN(C)C3)CC2)cc1. The Morgan fingerprint density at radius 2 is 1.71 bits per heavy atom. The van der Waals surface area contributed by atoms with Crippen LogP contribution in [0.2, 0.25) is 0 Å². The van der Waals surface area contributed by atoms with Crippen molar-refractivity contribution in [2.24, 2.45) is 5.92 Å². The van der Waals surface area contributed by atoms with Gasteiger partial charge in [0.2, 0.25) is 5.91 Å². The normalized spacial score (nSPS) is 23.1. The van der Waals surface area contributed by atoms with E-state index in [1.54, 1.807) is 7.11 Å². The molecule has 2 aliphatic rings. The molecule has 0 N–H and O–H groups in total. The zero-order chi connectivity index (χ0) is 16.9. The molecule has 0 unspecified atom stereocenters. The number of methoxy groups -OCH3 is 1. The third kappa shape index (κ3) is 4.20. The second kappa shape index (κ2) is 7.88. The molecule has 1 amide bonds. The number of amides is 1. The third-order valence-corrected chi connectivity index (χ3v) is 5.09. The summed E-state index contributed by atoms with van der Waals surface area (Å²) in [6, 6.07) is 7.70. The lowest BCUT2D eigenvalue weighted by Crippen LogP contribution is -2.47. The van der Waals surface area contributed by atoms with Crippen molar-refractivity contribution in [3.63, 3.8) is 0 Å². The molecule has 1 aromatic carbocycles. The van der Waals surface area contributed by atoms with Crippen molar-refractivity contribution in [3.05, 3.63) is 24.3 Å². The van der Waals surface area contributed by atoms with Crippen molar-refractivity contribution in [1.29, 1.82) is 0 Å². The van der Waals surface area contributed by atoms with Gasteiger partial charge in [-0.15, -0.1) is 0 Å². The Morgan fingerprint density at radius 1 is 1.04 bits per heavy atom. The first-order valence-corrected chi connectivity index (χ1v) is 8.94. The van der Waals surface area contributed by atoms with Gasteiger partial charge < -0.3 is 19.3 Å². The lowest BCUT2D eigenvalue weighted by molar-refractivity contribution is -0.139. The molecule has 0 spiro atoms. The number of ether oxygens (including phenoxy) is 2. The van der Waals surface area contributed by atoms with Crippen molar-refractivity contribution >= 4 is 5.91 Å². The zero-order valence-electron chi connectivity index (χ0n) is 14.7. The smallest absolute Gasteiger partial charge is 0.226 e. The Bertz CT molecular complexity index is 538. The molecule has 24 heavy (non-hydrogen) atoms. The summed E-state index contributed by atoms with van der Waals surface area (Å²) in [4.78, 5) is 17.0. The predicted molar refractivity (Wildman–Crippen MR) is 93.4 cm³/mol. The van der Waals surface area contributed by atoms with E-state index in [1.165, 1.54) is 0 Å². The average molecular weight is 332 g/mol. The van der Waals surface area contributed by atoms with Crippen LogP contribution in [0.4, 0.5) is 0 Å². The Morgan fingerprint density at radius 3 is 2.33 bits per heavy atom. The highest BCUT2D eigenvalue weighted by Crippen LogP contribution is 2.24. The van der Waals surface area contributed by atoms with E-state index in [9.17, 15) is 4.79 Å². The van der Waals surface area contributed by atoms with Crippen LogP contribution in [0.3, 0.4) is 0 Å². The van der Waals surface area contributed by atoms with Crippen molar-refractivity contribution in [2.45, 2.75) is 31.8 Å². The van der Waals surface area contributed by atoms with Gasteiger partial charge in [0, 0.05) is 32.5 Å². The fourth-order valence-electron chi connectivity index (χ4n) is 3.67. The van der Waals surface area contributed by atoms with E-state index < -0.39 is 0 Å². The van der Waals surface area contributed by atoms with Crippen LogP contribution in [0.25, 0.3) is 0 Å². The van der Waals surface area contributed by atoms with Crippen LogP contribution in [0, 0.1) is 5.92 Å². The van der Waals surface area contributed by atoms with Crippen molar-refractivity contribution in [3.8, 4) is 11.5 Å². The number of carbonyl (C=O) groups is 1. The lowest BCUT2D eigenvalue weighted by Gasteiger charge is -2.36. The quantitative estimate of drug-likeness (QED) is 0.849. The Hall–Kier alpha value is -1.75. The van der Waals surface area contributed by atoms with Gasteiger partial charge in [-0.2, -0.15) is 0 Å².